The Kier molecular flexibility index (Phi) is 6.22. The molecule has 0 unspecified atom stereocenters. The first-order valence-electron chi connectivity index (χ1n) is 9.98. The molecule has 0 spiro atoms. The monoisotopic (exact) mass is 384 g/mol. The quantitative estimate of drug-likeness (QED) is 0.788. The summed E-state index contributed by atoms with van der Waals surface area (Å²) in [4.78, 5) is 17.8. The fourth-order valence-electron chi connectivity index (χ4n) is 4.03. The van der Waals surface area contributed by atoms with E-state index in [1.54, 1.807) is 11.3 Å². The summed E-state index contributed by atoms with van der Waals surface area (Å²) in [6.07, 6.45) is 3.33. The van der Waals surface area contributed by atoms with Crippen LogP contribution in [0.2, 0.25) is 0 Å². The van der Waals surface area contributed by atoms with E-state index in [0.29, 0.717) is 5.92 Å². The van der Waals surface area contributed by atoms with E-state index in [-0.39, 0.29) is 5.91 Å². The summed E-state index contributed by atoms with van der Waals surface area (Å²) in [5.74, 6) is 0.887. The summed E-state index contributed by atoms with van der Waals surface area (Å²) in [7, 11) is 0. The molecule has 0 aliphatic carbocycles. The molecular formula is C22H28N2O2S. The first kappa shape index (κ1) is 18.7. The number of rotatable bonds is 5. The minimum absolute atomic E-state index is 0.205. The second-order valence-electron chi connectivity index (χ2n) is 7.62. The molecule has 0 radical (unpaired) electrons. The number of hydrogen-bond donors (Lipinski definition) is 0. The number of morpholine rings is 1. The molecule has 0 atom stereocenters. The summed E-state index contributed by atoms with van der Waals surface area (Å²) in [5, 5.41) is 1.97. The molecule has 3 heterocycles. The zero-order chi connectivity index (χ0) is 18.5. The van der Waals surface area contributed by atoms with Gasteiger partial charge in [-0.2, -0.15) is 0 Å². The van der Waals surface area contributed by atoms with E-state index in [0.717, 1.165) is 70.1 Å². The van der Waals surface area contributed by atoms with Gasteiger partial charge in [0.25, 0.3) is 5.91 Å². The van der Waals surface area contributed by atoms with Crippen LogP contribution in [0.1, 0.15) is 33.6 Å². The predicted octanol–water partition coefficient (Wildman–Crippen LogP) is 3.68. The molecule has 27 heavy (non-hydrogen) atoms. The van der Waals surface area contributed by atoms with Gasteiger partial charge in [-0.15, -0.1) is 11.3 Å². The second-order valence-corrected chi connectivity index (χ2v) is 8.57. The Morgan fingerprint density at radius 1 is 1.00 bits per heavy atom. The molecule has 0 N–H and O–H groups in total. The Bertz CT molecular complexity index is 715. The van der Waals surface area contributed by atoms with Gasteiger partial charge in [0.15, 0.2) is 0 Å². The molecule has 2 fully saturated rings. The van der Waals surface area contributed by atoms with Crippen LogP contribution in [0.15, 0.2) is 41.8 Å². The van der Waals surface area contributed by atoms with Crippen molar-refractivity contribution in [3.63, 3.8) is 0 Å². The molecule has 1 aromatic carbocycles. The maximum Gasteiger partial charge on any atom is 0.263 e. The lowest BCUT2D eigenvalue weighted by atomic mass is 9.90. The van der Waals surface area contributed by atoms with Gasteiger partial charge >= 0.3 is 0 Å². The molecule has 2 aromatic rings. The van der Waals surface area contributed by atoms with Crippen molar-refractivity contribution in [2.75, 3.05) is 39.4 Å². The third-order valence-electron chi connectivity index (χ3n) is 5.69. The van der Waals surface area contributed by atoms with E-state index in [1.807, 2.05) is 22.4 Å². The Morgan fingerprint density at radius 2 is 1.70 bits per heavy atom. The van der Waals surface area contributed by atoms with Crippen LogP contribution in [0.5, 0.6) is 0 Å². The van der Waals surface area contributed by atoms with Crippen LogP contribution in [0, 0.1) is 5.92 Å². The first-order chi connectivity index (χ1) is 13.3. The lowest BCUT2D eigenvalue weighted by Gasteiger charge is -2.32. The molecule has 144 valence electrons. The molecule has 0 saturated carbocycles. The Hall–Kier alpha value is -1.69. The number of carbonyl (C=O) groups is 1. The standard InChI is InChI=1S/C22H28N2O2S/c25-22(21-2-1-15-27-21)24-9-7-19(8-10-24)16-18-3-5-20(6-4-18)17-23-11-13-26-14-12-23/h1-6,15,19H,7-14,16-17H2. The zero-order valence-corrected chi connectivity index (χ0v) is 16.6. The number of hydrogen-bond acceptors (Lipinski definition) is 4. The van der Waals surface area contributed by atoms with Crippen molar-refractivity contribution >= 4 is 17.2 Å². The number of amides is 1. The maximum absolute atomic E-state index is 12.5. The lowest BCUT2D eigenvalue weighted by molar-refractivity contribution is 0.0342. The molecule has 1 amide bonds. The van der Waals surface area contributed by atoms with Gasteiger partial charge in [0, 0.05) is 32.7 Å². The Balaban J connectivity index is 1.24. The smallest absolute Gasteiger partial charge is 0.263 e. The van der Waals surface area contributed by atoms with Gasteiger partial charge in [0.2, 0.25) is 0 Å². The van der Waals surface area contributed by atoms with Crippen LogP contribution in [-0.2, 0) is 17.7 Å². The van der Waals surface area contributed by atoms with Crippen LogP contribution < -0.4 is 0 Å². The van der Waals surface area contributed by atoms with Crippen LogP contribution in [0.3, 0.4) is 0 Å². The van der Waals surface area contributed by atoms with Gasteiger partial charge in [-0.1, -0.05) is 30.3 Å². The third-order valence-corrected chi connectivity index (χ3v) is 6.55. The summed E-state index contributed by atoms with van der Waals surface area (Å²) >= 11 is 1.54. The highest BCUT2D eigenvalue weighted by Crippen LogP contribution is 2.24. The highest BCUT2D eigenvalue weighted by Gasteiger charge is 2.24. The van der Waals surface area contributed by atoms with Gasteiger partial charge in [-0.25, -0.2) is 0 Å². The van der Waals surface area contributed by atoms with Crippen molar-refractivity contribution in [2.45, 2.75) is 25.8 Å². The fourth-order valence-corrected chi connectivity index (χ4v) is 4.72. The van der Waals surface area contributed by atoms with Gasteiger partial charge in [-0.05, 0) is 47.8 Å². The molecule has 5 heteroatoms. The largest absolute Gasteiger partial charge is 0.379 e. The van der Waals surface area contributed by atoms with Crippen LogP contribution in [-0.4, -0.2) is 55.1 Å². The summed E-state index contributed by atoms with van der Waals surface area (Å²) in [5.41, 5.74) is 2.81. The number of piperidine rings is 1. The van der Waals surface area contributed by atoms with Crippen molar-refractivity contribution < 1.29 is 9.53 Å². The second kappa shape index (κ2) is 9.00. The van der Waals surface area contributed by atoms with E-state index in [2.05, 4.69) is 29.2 Å². The minimum Gasteiger partial charge on any atom is -0.379 e. The van der Waals surface area contributed by atoms with Crippen LogP contribution >= 0.6 is 11.3 Å². The number of thiophene rings is 1. The number of likely N-dealkylation sites (tertiary alicyclic amines) is 1. The molecule has 0 bridgehead atoms. The average Bonchev–Trinajstić information content (AvgIpc) is 3.25. The van der Waals surface area contributed by atoms with Crippen molar-refractivity contribution in [3.05, 3.63) is 57.8 Å². The van der Waals surface area contributed by atoms with E-state index in [4.69, 9.17) is 4.74 Å². The van der Waals surface area contributed by atoms with Crippen molar-refractivity contribution in [2.24, 2.45) is 5.92 Å². The number of ether oxygens (including phenoxy) is 1. The van der Waals surface area contributed by atoms with E-state index >= 15 is 0 Å². The van der Waals surface area contributed by atoms with Crippen molar-refractivity contribution in [1.82, 2.24) is 9.80 Å². The number of nitrogens with zero attached hydrogens (tertiary/aromatic N) is 2. The Morgan fingerprint density at radius 3 is 2.37 bits per heavy atom. The SMILES string of the molecule is O=C(c1cccs1)N1CCC(Cc2ccc(CN3CCOCC3)cc2)CC1. The highest BCUT2D eigenvalue weighted by molar-refractivity contribution is 7.12. The van der Waals surface area contributed by atoms with E-state index < -0.39 is 0 Å². The van der Waals surface area contributed by atoms with Gasteiger partial charge < -0.3 is 9.64 Å². The third kappa shape index (κ3) is 4.98. The molecule has 1 aromatic heterocycles. The van der Waals surface area contributed by atoms with Gasteiger partial charge in [-0.3, -0.25) is 9.69 Å². The van der Waals surface area contributed by atoms with E-state index in [9.17, 15) is 4.79 Å². The summed E-state index contributed by atoms with van der Waals surface area (Å²) < 4.78 is 5.42. The average molecular weight is 385 g/mol. The Labute approximate surface area is 165 Å². The fraction of sp³-hybridized carbons (Fsp3) is 0.500. The molecular weight excluding hydrogens is 356 g/mol. The molecule has 4 rings (SSSR count). The van der Waals surface area contributed by atoms with Gasteiger partial charge in [0.05, 0.1) is 18.1 Å². The zero-order valence-electron chi connectivity index (χ0n) is 15.8. The van der Waals surface area contributed by atoms with Gasteiger partial charge in [0.1, 0.15) is 0 Å². The summed E-state index contributed by atoms with van der Waals surface area (Å²) in [6, 6.07) is 13.0. The molecule has 4 nitrogen and oxygen atoms in total. The first-order valence-corrected chi connectivity index (χ1v) is 10.9. The molecule has 2 aliphatic heterocycles. The number of benzene rings is 1. The van der Waals surface area contributed by atoms with Crippen LogP contribution in [0.4, 0.5) is 0 Å². The van der Waals surface area contributed by atoms with Crippen molar-refractivity contribution in [1.29, 1.82) is 0 Å². The molecule has 2 aliphatic rings. The lowest BCUT2D eigenvalue weighted by Crippen LogP contribution is -2.38. The molecule has 2 saturated heterocycles. The van der Waals surface area contributed by atoms with Crippen LogP contribution in [0.25, 0.3) is 0 Å². The highest BCUT2D eigenvalue weighted by atomic mass is 32.1. The maximum atomic E-state index is 12.5. The summed E-state index contributed by atoms with van der Waals surface area (Å²) in [6.45, 7) is 6.56. The minimum atomic E-state index is 0.205. The predicted molar refractivity (Wildman–Crippen MR) is 109 cm³/mol. The van der Waals surface area contributed by atoms with E-state index in [1.165, 1.54) is 11.1 Å². The number of carbonyl (C=O) groups excluding carboxylic acids is 1. The normalized spacial score (nSPS) is 19.3. The topological polar surface area (TPSA) is 32.8 Å². The van der Waals surface area contributed by atoms with Crippen molar-refractivity contribution in [3.8, 4) is 0 Å².